The minimum Gasteiger partial charge on any atom is -0.479 e. The van der Waals surface area contributed by atoms with E-state index in [2.05, 4.69) is 12.2 Å². The maximum absolute atomic E-state index is 8.42. The Labute approximate surface area is 108 Å². The topological polar surface area (TPSA) is 54.3 Å². The molecule has 0 bridgehead atoms. The summed E-state index contributed by atoms with van der Waals surface area (Å²) in [6, 6.07) is 10.1. The van der Waals surface area contributed by atoms with Crippen molar-refractivity contribution in [2.45, 2.75) is 31.9 Å². The van der Waals surface area contributed by atoms with Crippen molar-refractivity contribution in [2.75, 3.05) is 18.5 Å². The molecule has 1 aromatic carbocycles. The molecular weight excluding hydrogens is 228 g/mol. The van der Waals surface area contributed by atoms with Gasteiger partial charge in [0.2, 0.25) is 0 Å². The number of nitrogens with zero attached hydrogens (tertiary/aromatic N) is 1. The number of hydrogen-bond acceptors (Lipinski definition) is 4. The molecule has 0 amide bonds. The molecule has 4 heteroatoms. The van der Waals surface area contributed by atoms with Gasteiger partial charge in [0.1, 0.15) is 11.8 Å². The first-order chi connectivity index (χ1) is 8.78. The maximum atomic E-state index is 8.42. The fourth-order valence-corrected chi connectivity index (χ4v) is 2.13. The van der Waals surface area contributed by atoms with Crippen molar-refractivity contribution in [2.24, 2.45) is 0 Å². The molecule has 18 heavy (non-hydrogen) atoms. The van der Waals surface area contributed by atoms with E-state index in [4.69, 9.17) is 14.7 Å². The lowest BCUT2D eigenvalue weighted by molar-refractivity contribution is 0.0232. The molecule has 0 aliphatic carbocycles. The predicted octanol–water partition coefficient (Wildman–Crippen LogP) is 2.57. The lowest BCUT2D eigenvalue weighted by atomic mass is 10.0. The summed E-state index contributed by atoms with van der Waals surface area (Å²) in [7, 11) is 0. The summed E-state index contributed by atoms with van der Waals surface area (Å²) in [5.41, 5.74) is 1.08. The van der Waals surface area contributed by atoms with Gasteiger partial charge in [-0.2, -0.15) is 5.26 Å². The highest BCUT2D eigenvalue weighted by Gasteiger charge is 2.18. The Morgan fingerprint density at radius 2 is 2.22 bits per heavy atom. The molecule has 2 rings (SSSR count). The SMILES string of the molecule is CC1CC(Nc2ccc(OCC#N)cc2)CCO1. The smallest absolute Gasteiger partial charge is 0.174 e. The van der Waals surface area contributed by atoms with Crippen molar-refractivity contribution in [3.8, 4) is 11.8 Å². The number of nitrogens with one attached hydrogen (secondary N) is 1. The molecule has 1 aromatic rings. The van der Waals surface area contributed by atoms with E-state index in [0.29, 0.717) is 12.1 Å². The van der Waals surface area contributed by atoms with Crippen LogP contribution in [0.25, 0.3) is 0 Å². The summed E-state index contributed by atoms with van der Waals surface area (Å²) in [6.45, 7) is 3.01. The van der Waals surface area contributed by atoms with Crippen LogP contribution in [0.3, 0.4) is 0 Å². The molecule has 1 fully saturated rings. The van der Waals surface area contributed by atoms with Gasteiger partial charge < -0.3 is 14.8 Å². The Balaban J connectivity index is 1.87. The third kappa shape index (κ3) is 3.64. The van der Waals surface area contributed by atoms with Gasteiger partial charge in [-0.1, -0.05) is 0 Å². The molecule has 1 aliphatic rings. The Kier molecular flexibility index (Phi) is 4.43. The number of anilines is 1. The third-order valence-corrected chi connectivity index (χ3v) is 3.01. The molecular formula is C14H18N2O2. The molecule has 2 atom stereocenters. The minimum absolute atomic E-state index is 0.0876. The first-order valence-corrected chi connectivity index (χ1v) is 6.26. The number of benzene rings is 1. The van der Waals surface area contributed by atoms with Crippen LogP contribution < -0.4 is 10.1 Å². The van der Waals surface area contributed by atoms with Crippen molar-refractivity contribution in [1.82, 2.24) is 0 Å². The van der Waals surface area contributed by atoms with Crippen molar-refractivity contribution in [1.29, 1.82) is 5.26 Å². The summed E-state index contributed by atoms with van der Waals surface area (Å²) >= 11 is 0. The first-order valence-electron chi connectivity index (χ1n) is 6.26. The summed E-state index contributed by atoms with van der Waals surface area (Å²) in [5.74, 6) is 0.724. The molecule has 0 spiro atoms. The molecule has 1 aliphatic heterocycles. The van der Waals surface area contributed by atoms with E-state index in [1.165, 1.54) is 0 Å². The molecule has 96 valence electrons. The van der Waals surface area contributed by atoms with E-state index in [0.717, 1.165) is 30.9 Å². The van der Waals surface area contributed by atoms with E-state index in [9.17, 15) is 0 Å². The van der Waals surface area contributed by atoms with Gasteiger partial charge in [0.15, 0.2) is 6.61 Å². The average molecular weight is 246 g/mol. The Morgan fingerprint density at radius 1 is 1.44 bits per heavy atom. The second-order valence-electron chi connectivity index (χ2n) is 4.52. The van der Waals surface area contributed by atoms with Crippen LogP contribution >= 0.6 is 0 Å². The van der Waals surface area contributed by atoms with E-state index >= 15 is 0 Å². The van der Waals surface area contributed by atoms with Crippen LogP contribution in [0.2, 0.25) is 0 Å². The highest BCUT2D eigenvalue weighted by molar-refractivity contribution is 5.47. The number of ether oxygens (including phenoxy) is 2. The molecule has 2 unspecified atom stereocenters. The van der Waals surface area contributed by atoms with Gasteiger partial charge >= 0.3 is 0 Å². The average Bonchev–Trinajstić information content (AvgIpc) is 2.38. The molecule has 0 radical (unpaired) electrons. The molecule has 0 aromatic heterocycles. The predicted molar refractivity (Wildman–Crippen MR) is 69.6 cm³/mol. The zero-order valence-corrected chi connectivity index (χ0v) is 10.6. The highest BCUT2D eigenvalue weighted by Crippen LogP contribution is 2.20. The van der Waals surface area contributed by atoms with Gasteiger partial charge in [-0.25, -0.2) is 0 Å². The normalized spacial score (nSPS) is 23.1. The standard InChI is InChI=1S/C14H18N2O2/c1-11-10-13(6-8-17-11)16-12-2-4-14(5-3-12)18-9-7-15/h2-5,11,13,16H,6,8-10H2,1H3. The highest BCUT2D eigenvalue weighted by atomic mass is 16.5. The van der Waals surface area contributed by atoms with Gasteiger partial charge in [-0.15, -0.1) is 0 Å². The van der Waals surface area contributed by atoms with Gasteiger partial charge in [-0.05, 0) is 44.0 Å². The Morgan fingerprint density at radius 3 is 2.89 bits per heavy atom. The van der Waals surface area contributed by atoms with Crippen LogP contribution in [0.4, 0.5) is 5.69 Å². The van der Waals surface area contributed by atoms with Gasteiger partial charge in [0.25, 0.3) is 0 Å². The lowest BCUT2D eigenvalue weighted by Gasteiger charge is -2.28. The molecule has 1 N–H and O–H groups in total. The molecule has 1 saturated heterocycles. The van der Waals surface area contributed by atoms with Crippen LogP contribution in [-0.4, -0.2) is 25.4 Å². The van der Waals surface area contributed by atoms with Crippen LogP contribution in [0.1, 0.15) is 19.8 Å². The zero-order chi connectivity index (χ0) is 12.8. The van der Waals surface area contributed by atoms with Gasteiger partial charge in [-0.3, -0.25) is 0 Å². The summed E-state index contributed by atoms with van der Waals surface area (Å²) in [5, 5.41) is 11.9. The fourth-order valence-electron chi connectivity index (χ4n) is 2.13. The van der Waals surface area contributed by atoms with Crippen LogP contribution in [0.15, 0.2) is 24.3 Å². The quantitative estimate of drug-likeness (QED) is 0.887. The van der Waals surface area contributed by atoms with Crippen molar-refractivity contribution < 1.29 is 9.47 Å². The van der Waals surface area contributed by atoms with Crippen molar-refractivity contribution >= 4 is 5.69 Å². The monoisotopic (exact) mass is 246 g/mol. The lowest BCUT2D eigenvalue weighted by Crippen LogP contribution is -2.32. The Bertz CT molecular complexity index is 411. The molecule has 4 nitrogen and oxygen atoms in total. The van der Waals surface area contributed by atoms with E-state index in [1.54, 1.807) is 0 Å². The number of nitriles is 1. The second-order valence-corrected chi connectivity index (χ2v) is 4.52. The summed E-state index contributed by atoms with van der Waals surface area (Å²) in [4.78, 5) is 0. The van der Waals surface area contributed by atoms with Crippen LogP contribution in [-0.2, 0) is 4.74 Å². The van der Waals surface area contributed by atoms with Gasteiger partial charge in [0.05, 0.1) is 6.10 Å². The first kappa shape index (κ1) is 12.7. The largest absolute Gasteiger partial charge is 0.479 e. The second kappa shape index (κ2) is 6.27. The Hall–Kier alpha value is -1.73. The summed E-state index contributed by atoms with van der Waals surface area (Å²) < 4.78 is 10.7. The van der Waals surface area contributed by atoms with E-state index in [1.807, 2.05) is 30.3 Å². The van der Waals surface area contributed by atoms with E-state index in [-0.39, 0.29) is 6.61 Å². The molecule has 0 saturated carbocycles. The molecule has 1 heterocycles. The van der Waals surface area contributed by atoms with Crippen molar-refractivity contribution in [3.05, 3.63) is 24.3 Å². The van der Waals surface area contributed by atoms with Crippen molar-refractivity contribution in [3.63, 3.8) is 0 Å². The zero-order valence-electron chi connectivity index (χ0n) is 10.6. The van der Waals surface area contributed by atoms with Gasteiger partial charge in [0, 0.05) is 18.3 Å². The summed E-state index contributed by atoms with van der Waals surface area (Å²) in [6.07, 6.45) is 2.40. The van der Waals surface area contributed by atoms with E-state index < -0.39 is 0 Å². The number of hydrogen-bond donors (Lipinski definition) is 1. The third-order valence-electron chi connectivity index (χ3n) is 3.01. The fraction of sp³-hybridized carbons (Fsp3) is 0.500. The number of rotatable bonds is 4. The maximum Gasteiger partial charge on any atom is 0.174 e. The van der Waals surface area contributed by atoms with Crippen LogP contribution in [0.5, 0.6) is 5.75 Å². The van der Waals surface area contributed by atoms with Crippen LogP contribution in [0, 0.1) is 11.3 Å². The minimum atomic E-state index is 0.0876.